The SMILES string of the molecule is CCCS(=O)(=O)c1ccccc1OCC1CCNCC1. The number of rotatable bonds is 6. The molecule has 1 aromatic rings. The highest BCUT2D eigenvalue weighted by atomic mass is 32.2. The molecule has 0 radical (unpaired) electrons. The van der Waals surface area contributed by atoms with E-state index in [2.05, 4.69) is 5.32 Å². The number of ether oxygens (including phenoxy) is 1. The lowest BCUT2D eigenvalue weighted by atomic mass is 9.99. The van der Waals surface area contributed by atoms with Gasteiger partial charge < -0.3 is 10.1 Å². The Labute approximate surface area is 121 Å². The first-order valence-corrected chi connectivity index (χ1v) is 8.94. The molecule has 0 saturated carbocycles. The van der Waals surface area contributed by atoms with Crippen molar-refractivity contribution in [2.24, 2.45) is 5.92 Å². The number of hydrogen-bond acceptors (Lipinski definition) is 4. The highest BCUT2D eigenvalue weighted by Crippen LogP contribution is 2.26. The summed E-state index contributed by atoms with van der Waals surface area (Å²) in [6, 6.07) is 6.97. The molecule has 1 aromatic carbocycles. The van der Waals surface area contributed by atoms with Gasteiger partial charge in [-0.05, 0) is 50.4 Å². The molecule has 1 aliphatic rings. The molecule has 0 atom stereocenters. The molecule has 0 aliphatic carbocycles. The second-order valence-corrected chi connectivity index (χ2v) is 7.35. The maximum Gasteiger partial charge on any atom is 0.182 e. The van der Waals surface area contributed by atoms with Gasteiger partial charge in [0, 0.05) is 0 Å². The Kier molecular flexibility index (Phi) is 5.43. The van der Waals surface area contributed by atoms with E-state index in [4.69, 9.17) is 4.74 Å². The van der Waals surface area contributed by atoms with Gasteiger partial charge in [0.05, 0.1) is 12.4 Å². The van der Waals surface area contributed by atoms with Crippen molar-refractivity contribution in [3.05, 3.63) is 24.3 Å². The van der Waals surface area contributed by atoms with Crippen LogP contribution in [0.4, 0.5) is 0 Å². The molecule has 20 heavy (non-hydrogen) atoms. The predicted molar refractivity (Wildman–Crippen MR) is 79.9 cm³/mol. The van der Waals surface area contributed by atoms with Gasteiger partial charge in [-0.3, -0.25) is 0 Å². The van der Waals surface area contributed by atoms with Gasteiger partial charge in [0.15, 0.2) is 9.84 Å². The van der Waals surface area contributed by atoms with Crippen LogP contribution in [-0.4, -0.2) is 33.9 Å². The third-order valence-corrected chi connectivity index (χ3v) is 5.54. The van der Waals surface area contributed by atoms with Crippen molar-refractivity contribution < 1.29 is 13.2 Å². The predicted octanol–water partition coefficient (Wildman–Crippen LogP) is 2.25. The molecule has 0 amide bonds. The van der Waals surface area contributed by atoms with Crippen molar-refractivity contribution in [2.45, 2.75) is 31.1 Å². The van der Waals surface area contributed by atoms with Gasteiger partial charge in [-0.1, -0.05) is 19.1 Å². The number of hydrogen-bond donors (Lipinski definition) is 1. The minimum Gasteiger partial charge on any atom is -0.492 e. The van der Waals surface area contributed by atoms with E-state index < -0.39 is 9.84 Å². The summed E-state index contributed by atoms with van der Waals surface area (Å²) >= 11 is 0. The topological polar surface area (TPSA) is 55.4 Å². The average Bonchev–Trinajstić information content (AvgIpc) is 2.46. The lowest BCUT2D eigenvalue weighted by molar-refractivity contribution is 0.211. The first-order chi connectivity index (χ1) is 9.63. The van der Waals surface area contributed by atoms with E-state index in [1.54, 1.807) is 18.2 Å². The summed E-state index contributed by atoms with van der Waals surface area (Å²) in [5.41, 5.74) is 0. The molecule has 1 fully saturated rings. The normalized spacial score (nSPS) is 17.1. The number of nitrogens with one attached hydrogen (secondary N) is 1. The lowest BCUT2D eigenvalue weighted by Crippen LogP contribution is -2.30. The summed E-state index contributed by atoms with van der Waals surface area (Å²) in [6.07, 6.45) is 2.79. The fourth-order valence-corrected chi connectivity index (χ4v) is 3.94. The van der Waals surface area contributed by atoms with Crippen LogP contribution in [0.2, 0.25) is 0 Å². The zero-order valence-electron chi connectivity index (χ0n) is 12.0. The van der Waals surface area contributed by atoms with E-state index >= 15 is 0 Å². The summed E-state index contributed by atoms with van der Waals surface area (Å²) in [5, 5.41) is 3.31. The Hall–Kier alpha value is -1.07. The molecule has 0 aromatic heterocycles. The van der Waals surface area contributed by atoms with Crippen molar-refractivity contribution in [1.82, 2.24) is 5.32 Å². The second-order valence-electron chi connectivity index (χ2n) is 5.27. The minimum atomic E-state index is -3.23. The smallest absolute Gasteiger partial charge is 0.182 e. The molecule has 1 N–H and O–H groups in total. The summed E-state index contributed by atoms with van der Waals surface area (Å²) in [4.78, 5) is 0.329. The summed E-state index contributed by atoms with van der Waals surface area (Å²) in [6.45, 7) is 4.50. The van der Waals surface area contributed by atoms with Gasteiger partial charge in [0.25, 0.3) is 0 Å². The Bertz CT molecular complexity index is 522. The Morgan fingerprint density at radius 3 is 2.65 bits per heavy atom. The van der Waals surface area contributed by atoms with Gasteiger partial charge in [0.2, 0.25) is 0 Å². The fourth-order valence-electron chi connectivity index (χ4n) is 2.46. The zero-order chi connectivity index (χ0) is 14.4. The molecule has 5 heteroatoms. The average molecular weight is 297 g/mol. The molecule has 2 rings (SSSR count). The van der Waals surface area contributed by atoms with Gasteiger partial charge in [-0.2, -0.15) is 0 Å². The highest BCUT2D eigenvalue weighted by molar-refractivity contribution is 7.91. The van der Waals surface area contributed by atoms with Crippen LogP contribution in [0.5, 0.6) is 5.75 Å². The first kappa shape index (κ1) is 15.3. The maximum atomic E-state index is 12.2. The summed E-state index contributed by atoms with van der Waals surface area (Å²) in [5.74, 6) is 1.18. The van der Waals surface area contributed by atoms with Crippen molar-refractivity contribution >= 4 is 9.84 Å². The van der Waals surface area contributed by atoms with E-state index in [0.717, 1.165) is 25.9 Å². The van der Waals surface area contributed by atoms with Crippen LogP contribution in [0, 0.1) is 5.92 Å². The van der Waals surface area contributed by atoms with E-state index in [1.165, 1.54) is 0 Å². The van der Waals surface area contributed by atoms with Crippen molar-refractivity contribution in [2.75, 3.05) is 25.4 Å². The molecule has 1 saturated heterocycles. The third-order valence-electron chi connectivity index (χ3n) is 3.59. The van der Waals surface area contributed by atoms with Crippen LogP contribution < -0.4 is 10.1 Å². The fraction of sp³-hybridized carbons (Fsp3) is 0.600. The van der Waals surface area contributed by atoms with Crippen LogP contribution >= 0.6 is 0 Å². The van der Waals surface area contributed by atoms with E-state index in [0.29, 0.717) is 29.6 Å². The molecule has 1 aliphatic heterocycles. The number of para-hydroxylation sites is 1. The largest absolute Gasteiger partial charge is 0.492 e. The van der Waals surface area contributed by atoms with Crippen molar-refractivity contribution in [3.63, 3.8) is 0 Å². The summed E-state index contributed by atoms with van der Waals surface area (Å²) < 4.78 is 30.2. The summed E-state index contributed by atoms with van der Waals surface area (Å²) in [7, 11) is -3.23. The quantitative estimate of drug-likeness (QED) is 0.875. The molecule has 0 unspecified atom stereocenters. The molecule has 0 spiro atoms. The van der Waals surface area contributed by atoms with Crippen molar-refractivity contribution in [3.8, 4) is 5.75 Å². The van der Waals surface area contributed by atoms with Crippen LogP contribution in [0.25, 0.3) is 0 Å². The third kappa shape index (κ3) is 3.96. The molecular formula is C15H23NO3S. The Morgan fingerprint density at radius 2 is 1.95 bits per heavy atom. The van der Waals surface area contributed by atoms with Crippen LogP contribution in [0.3, 0.4) is 0 Å². The van der Waals surface area contributed by atoms with E-state index in [9.17, 15) is 8.42 Å². The number of sulfone groups is 1. The van der Waals surface area contributed by atoms with Gasteiger partial charge in [0.1, 0.15) is 10.6 Å². The van der Waals surface area contributed by atoms with Gasteiger partial charge in [-0.25, -0.2) is 8.42 Å². The molecular weight excluding hydrogens is 274 g/mol. The molecule has 1 heterocycles. The maximum absolute atomic E-state index is 12.2. The molecule has 112 valence electrons. The second kappa shape index (κ2) is 7.09. The lowest BCUT2D eigenvalue weighted by Gasteiger charge is -2.23. The van der Waals surface area contributed by atoms with Crippen molar-refractivity contribution in [1.29, 1.82) is 0 Å². The van der Waals surface area contributed by atoms with Crippen LogP contribution in [-0.2, 0) is 9.84 Å². The van der Waals surface area contributed by atoms with Gasteiger partial charge >= 0.3 is 0 Å². The van der Waals surface area contributed by atoms with Crippen LogP contribution in [0.15, 0.2) is 29.2 Å². The molecule has 0 bridgehead atoms. The number of piperidine rings is 1. The van der Waals surface area contributed by atoms with E-state index in [1.807, 2.05) is 13.0 Å². The standard InChI is InChI=1S/C15H23NO3S/c1-2-11-20(17,18)15-6-4-3-5-14(15)19-12-13-7-9-16-10-8-13/h3-6,13,16H,2,7-12H2,1H3. The Morgan fingerprint density at radius 1 is 1.25 bits per heavy atom. The highest BCUT2D eigenvalue weighted by Gasteiger charge is 2.20. The van der Waals surface area contributed by atoms with E-state index in [-0.39, 0.29) is 5.75 Å². The minimum absolute atomic E-state index is 0.167. The Balaban J connectivity index is 2.07. The first-order valence-electron chi connectivity index (χ1n) is 7.29. The number of benzene rings is 1. The van der Waals surface area contributed by atoms with Gasteiger partial charge in [-0.15, -0.1) is 0 Å². The monoisotopic (exact) mass is 297 g/mol. The van der Waals surface area contributed by atoms with Crippen LogP contribution in [0.1, 0.15) is 26.2 Å². The molecule has 4 nitrogen and oxygen atoms in total. The zero-order valence-corrected chi connectivity index (χ0v) is 12.8.